The smallest absolute Gasteiger partial charge is 0.441 e. The van der Waals surface area contributed by atoms with E-state index in [9.17, 15) is 35.9 Å². The summed E-state index contributed by atoms with van der Waals surface area (Å²) in [7, 11) is 1.01. The molecule has 0 saturated heterocycles. The van der Waals surface area contributed by atoms with Gasteiger partial charge in [-0.3, -0.25) is 4.79 Å². The fourth-order valence-electron chi connectivity index (χ4n) is 2.65. The zero-order chi connectivity index (χ0) is 24.2. The highest BCUT2D eigenvalue weighted by Gasteiger charge is 2.64. The molecule has 174 valence electrons. The highest BCUT2D eigenvalue weighted by molar-refractivity contribution is 5.99. The van der Waals surface area contributed by atoms with E-state index in [2.05, 4.69) is 4.74 Å². The molecule has 0 aliphatic carbocycles. The summed E-state index contributed by atoms with van der Waals surface area (Å²) in [4.78, 5) is 25.0. The molecule has 1 amide bonds. The number of amides is 1. The standard InChI is InChI=1S/C20H18F6N2O4/c1-3-32-17(30)18(20(24,25)26,28-16(29)12-7-5-4-6-8-12)27-14-11-13(19(21,22)23)9-10-15(14)31-2/h4-11,27H,3H2,1-2H3,(H,28,29)/t18-/m0/s1. The predicted octanol–water partition coefficient (Wildman–Crippen LogP) is 4.38. The summed E-state index contributed by atoms with van der Waals surface area (Å²) in [5.74, 6) is -3.74. The third kappa shape index (κ3) is 5.24. The number of alkyl halides is 6. The number of ether oxygens (including phenoxy) is 2. The quantitative estimate of drug-likeness (QED) is 0.362. The van der Waals surface area contributed by atoms with Gasteiger partial charge in [-0.15, -0.1) is 0 Å². The molecule has 6 nitrogen and oxygen atoms in total. The van der Waals surface area contributed by atoms with Crippen LogP contribution >= 0.6 is 0 Å². The van der Waals surface area contributed by atoms with Crippen LogP contribution in [0.25, 0.3) is 0 Å². The number of esters is 1. The summed E-state index contributed by atoms with van der Waals surface area (Å²) >= 11 is 0. The SMILES string of the molecule is CCOC(=O)[C@@](NC(=O)c1ccccc1)(Nc1cc(C(F)(F)F)ccc1OC)C(F)(F)F. The summed E-state index contributed by atoms with van der Waals surface area (Å²) in [6.45, 7) is 0.724. The molecule has 0 aliphatic rings. The molecule has 2 aromatic carbocycles. The van der Waals surface area contributed by atoms with Crippen LogP contribution in [0.1, 0.15) is 22.8 Å². The number of rotatable bonds is 7. The molecule has 0 radical (unpaired) electrons. The van der Waals surface area contributed by atoms with Crippen molar-refractivity contribution in [2.24, 2.45) is 0 Å². The Kier molecular flexibility index (Phi) is 7.27. The number of benzene rings is 2. The first-order valence-electron chi connectivity index (χ1n) is 9.00. The topological polar surface area (TPSA) is 76.7 Å². The van der Waals surface area contributed by atoms with Crippen molar-refractivity contribution in [2.45, 2.75) is 24.9 Å². The minimum atomic E-state index is -5.54. The summed E-state index contributed by atoms with van der Waals surface area (Å²) in [6.07, 6.45) is -10.4. The maximum atomic E-state index is 14.2. The third-order valence-electron chi connectivity index (χ3n) is 4.19. The van der Waals surface area contributed by atoms with Crippen LogP contribution in [-0.2, 0) is 15.7 Å². The van der Waals surface area contributed by atoms with Crippen molar-refractivity contribution in [3.05, 3.63) is 59.7 Å². The third-order valence-corrected chi connectivity index (χ3v) is 4.19. The van der Waals surface area contributed by atoms with Gasteiger partial charge >= 0.3 is 24.0 Å². The van der Waals surface area contributed by atoms with Crippen LogP contribution < -0.4 is 15.4 Å². The van der Waals surface area contributed by atoms with Crippen molar-refractivity contribution in [1.82, 2.24) is 5.32 Å². The number of methoxy groups -OCH3 is 1. The fourth-order valence-corrected chi connectivity index (χ4v) is 2.65. The van der Waals surface area contributed by atoms with Gasteiger partial charge in [-0.05, 0) is 37.3 Å². The molecule has 0 aliphatic heterocycles. The van der Waals surface area contributed by atoms with E-state index < -0.39 is 53.5 Å². The lowest BCUT2D eigenvalue weighted by Crippen LogP contribution is -2.69. The lowest BCUT2D eigenvalue weighted by molar-refractivity contribution is -0.204. The van der Waals surface area contributed by atoms with Crippen LogP contribution in [0, 0.1) is 0 Å². The Bertz CT molecular complexity index is 963. The Hall–Kier alpha value is -3.44. The summed E-state index contributed by atoms with van der Waals surface area (Å²) in [5.41, 5.74) is -6.31. The first kappa shape index (κ1) is 24.8. The van der Waals surface area contributed by atoms with Crippen LogP contribution in [0.4, 0.5) is 32.0 Å². The van der Waals surface area contributed by atoms with Crippen molar-refractivity contribution in [3.8, 4) is 5.75 Å². The second-order valence-electron chi connectivity index (χ2n) is 6.33. The van der Waals surface area contributed by atoms with E-state index in [0.29, 0.717) is 12.1 Å². The van der Waals surface area contributed by atoms with Crippen molar-refractivity contribution in [3.63, 3.8) is 0 Å². The molecule has 0 bridgehead atoms. The molecule has 32 heavy (non-hydrogen) atoms. The van der Waals surface area contributed by atoms with Gasteiger partial charge in [0.2, 0.25) is 0 Å². The molecular formula is C20H18F6N2O4. The minimum Gasteiger partial charge on any atom is -0.495 e. The van der Waals surface area contributed by atoms with Gasteiger partial charge in [-0.1, -0.05) is 18.2 Å². The van der Waals surface area contributed by atoms with E-state index in [-0.39, 0.29) is 5.56 Å². The molecule has 0 heterocycles. The summed E-state index contributed by atoms with van der Waals surface area (Å²) in [5, 5.41) is 3.24. The molecule has 0 unspecified atom stereocenters. The minimum absolute atomic E-state index is 0.233. The van der Waals surface area contributed by atoms with Gasteiger partial charge < -0.3 is 20.1 Å². The first-order chi connectivity index (χ1) is 14.9. The van der Waals surface area contributed by atoms with Crippen LogP contribution in [0.2, 0.25) is 0 Å². The second-order valence-corrected chi connectivity index (χ2v) is 6.33. The summed E-state index contributed by atoms with van der Waals surface area (Å²) < 4.78 is 91.5. The van der Waals surface area contributed by atoms with E-state index >= 15 is 0 Å². The van der Waals surface area contributed by atoms with E-state index in [4.69, 9.17) is 4.74 Å². The average Bonchev–Trinajstić information content (AvgIpc) is 2.72. The van der Waals surface area contributed by atoms with E-state index in [1.54, 1.807) is 10.6 Å². The van der Waals surface area contributed by atoms with Gasteiger partial charge in [0.25, 0.3) is 5.91 Å². The first-order valence-corrected chi connectivity index (χ1v) is 9.00. The fraction of sp³-hybridized carbons (Fsp3) is 0.300. The highest BCUT2D eigenvalue weighted by atomic mass is 19.4. The zero-order valence-electron chi connectivity index (χ0n) is 16.7. The number of hydrogen-bond donors (Lipinski definition) is 2. The van der Waals surface area contributed by atoms with Crippen molar-refractivity contribution >= 4 is 17.6 Å². The Balaban J connectivity index is 2.65. The van der Waals surface area contributed by atoms with Gasteiger partial charge in [0.05, 0.1) is 25.0 Å². The van der Waals surface area contributed by atoms with Crippen LogP contribution in [-0.4, -0.2) is 37.4 Å². The molecule has 0 fully saturated rings. The number of carbonyl (C=O) groups is 2. The van der Waals surface area contributed by atoms with Crippen LogP contribution in [0.15, 0.2) is 48.5 Å². The maximum Gasteiger partial charge on any atom is 0.441 e. The molecule has 0 aromatic heterocycles. The summed E-state index contributed by atoms with van der Waals surface area (Å²) in [6, 6.07) is 8.31. The van der Waals surface area contributed by atoms with Crippen LogP contribution in [0.5, 0.6) is 5.75 Å². The Morgan fingerprint density at radius 3 is 2.09 bits per heavy atom. The van der Waals surface area contributed by atoms with Gasteiger partial charge in [-0.25, -0.2) is 4.79 Å². The second kappa shape index (κ2) is 9.37. The van der Waals surface area contributed by atoms with Crippen LogP contribution in [0.3, 0.4) is 0 Å². The number of hydrogen-bond acceptors (Lipinski definition) is 5. The molecule has 2 N–H and O–H groups in total. The van der Waals surface area contributed by atoms with E-state index in [1.807, 2.05) is 0 Å². The number of carbonyl (C=O) groups excluding carboxylic acids is 2. The molecule has 2 rings (SSSR count). The average molecular weight is 464 g/mol. The van der Waals surface area contributed by atoms with Crippen molar-refractivity contribution in [2.75, 3.05) is 19.0 Å². The van der Waals surface area contributed by atoms with Crippen molar-refractivity contribution in [1.29, 1.82) is 0 Å². The lowest BCUT2D eigenvalue weighted by Gasteiger charge is -2.35. The van der Waals surface area contributed by atoms with Gasteiger partial charge in [0.15, 0.2) is 0 Å². The molecule has 12 heteroatoms. The van der Waals surface area contributed by atoms with Gasteiger partial charge in [0.1, 0.15) is 5.75 Å². The van der Waals surface area contributed by atoms with Crippen molar-refractivity contribution < 1.29 is 45.4 Å². The zero-order valence-corrected chi connectivity index (χ0v) is 16.7. The number of nitrogens with one attached hydrogen (secondary N) is 2. The lowest BCUT2D eigenvalue weighted by atomic mass is 10.1. The molecule has 0 saturated carbocycles. The molecule has 1 atom stereocenters. The Labute approximate surface area is 178 Å². The van der Waals surface area contributed by atoms with Gasteiger partial charge in [0, 0.05) is 5.56 Å². The molecular weight excluding hydrogens is 446 g/mol. The van der Waals surface area contributed by atoms with E-state index in [0.717, 1.165) is 13.2 Å². The molecule has 0 spiro atoms. The predicted molar refractivity (Wildman–Crippen MR) is 101 cm³/mol. The number of anilines is 1. The maximum absolute atomic E-state index is 14.2. The largest absolute Gasteiger partial charge is 0.495 e. The Morgan fingerprint density at radius 1 is 0.969 bits per heavy atom. The normalized spacial score (nSPS) is 13.6. The number of halogens is 6. The van der Waals surface area contributed by atoms with E-state index in [1.165, 1.54) is 37.3 Å². The molecule has 2 aromatic rings. The monoisotopic (exact) mass is 464 g/mol. The Morgan fingerprint density at radius 2 is 1.59 bits per heavy atom. The highest BCUT2D eigenvalue weighted by Crippen LogP contribution is 2.39. The van der Waals surface area contributed by atoms with Gasteiger partial charge in [-0.2, -0.15) is 26.3 Å².